The van der Waals surface area contributed by atoms with Crippen LogP contribution in [0.25, 0.3) is 17.1 Å². The second kappa shape index (κ2) is 10.1. The maximum absolute atomic E-state index is 13.0. The summed E-state index contributed by atoms with van der Waals surface area (Å²) in [4.78, 5) is 13.0. The highest BCUT2D eigenvalue weighted by Crippen LogP contribution is 2.32. The number of benzene rings is 2. The van der Waals surface area contributed by atoms with Crippen LogP contribution >= 0.6 is 11.8 Å². The number of ether oxygens (including phenoxy) is 1. The van der Waals surface area contributed by atoms with Crippen LogP contribution in [0.4, 0.5) is 0 Å². The van der Waals surface area contributed by atoms with Crippen LogP contribution in [0.15, 0.2) is 59.8 Å². The zero-order valence-corrected chi connectivity index (χ0v) is 19.6. The highest BCUT2D eigenvalue weighted by molar-refractivity contribution is 8.00. The molecule has 8 heteroatoms. The molecule has 1 aliphatic carbocycles. The molecule has 0 radical (unpaired) electrons. The van der Waals surface area contributed by atoms with E-state index in [1.807, 2.05) is 66.1 Å². The van der Waals surface area contributed by atoms with Crippen molar-refractivity contribution in [3.8, 4) is 28.9 Å². The molecule has 170 valence electrons. The lowest BCUT2D eigenvalue weighted by Crippen LogP contribution is -2.50. The van der Waals surface area contributed by atoms with E-state index in [1.54, 1.807) is 7.11 Å². The van der Waals surface area contributed by atoms with Crippen LogP contribution in [0.3, 0.4) is 0 Å². The molecule has 4 rings (SSSR count). The first-order valence-corrected chi connectivity index (χ1v) is 12.0. The van der Waals surface area contributed by atoms with Crippen molar-refractivity contribution in [3.05, 3.63) is 54.6 Å². The van der Waals surface area contributed by atoms with Crippen LogP contribution in [-0.2, 0) is 4.79 Å². The van der Waals surface area contributed by atoms with Crippen molar-refractivity contribution < 1.29 is 9.53 Å². The lowest BCUT2D eigenvalue weighted by atomic mass is 9.83. The van der Waals surface area contributed by atoms with Gasteiger partial charge < -0.3 is 10.1 Å². The van der Waals surface area contributed by atoms with E-state index in [9.17, 15) is 10.1 Å². The number of nitriles is 1. The summed E-state index contributed by atoms with van der Waals surface area (Å²) in [5.74, 6) is 1.29. The predicted molar refractivity (Wildman–Crippen MR) is 128 cm³/mol. The first kappa shape index (κ1) is 22.9. The minimum absolute atomic E-state index is 0.158. The third kappa shape index (κ3) is 5.04. The van der Waals surface area contributed by atoms with Crippen molar-refractivity contribution >= 4 is 17.7 Å². The fourth-order valence-corrected chi connectivity index (χ4v) is 4.92. The third-order valence-corrected chi connectivity index (χ3v) is 6.97. The van der Waals surface area contributed by atoms with Crippen LogP contribution in [0, 0.1) is 11.3 Å². The maximum atomic E-state index is 13.0. The highest BCUT2D eigenvalue weighted by atomic mass is 32.2. The Kier molecular flexibility index (Phi) is 6.99. The van der Waals surface area contributed by atoms with Crippen molar-refractivity contribution in [1.82, 2.24) is 20.1 Å². The smallest absolute Gasteiger partial charge is 0.234 e. The van der Waals surface area contributed by atoms with E-state index in [-0.39, 0.29) is 5.91 Å². The van der Waals surface area contributed by atoms with Crippen molar-refractivity contribution in [1.29, 1.82) is 5.26 Å². The summed E-state index contributed by atoms with van der Waals surface area (Å²) in [6, 6.07) is 19.8. The normalized spacial score (nSPS) is 15.9. The van der Waals surface area contributed by atoms with Crippen molar-refractivity contribution in [2.45, 2.75) is 55.0 Å². The van der Waals surface area contributed by atoms with Crippen molar-refractivity contribution in [2.75, 3.05) is 7.11 Å². The van der Waals surface area contributed by atoms with Crippen molar-refractivity contribution in [3.63, 3.8) is 0 Å². The fourth-order valence-electron chi connectivity index (χ4n) is 4.05. The number of methoxy groups -OCH3 is 1. The topological polar surface area (TPSA) is 92.8 Å². The van der Waals surface area contributed by atoms with Gasteiger partial charge in [0.2, 0.25) is 5.91 Å². The molecule has 0 spiro atoms. The summed E-state index contributed by atoms with van der Waals surface area (Å²) in [7, 11) is 1.63. The van der Waals surface area contributed by atoms with Gasteiger partial charge in [-0.3, -0.25) is 9.36 Å². The summed E-state index contributed by atoms with van der Waals surface area (Å²) in [6.45, 7) is 1.84. The zero-order valence-electron chi connectivity index (χ0n) is 18.8. The van der Waals surface area contributed by atoms with Gasteiger partial charge >= 0.3 is 0 Å². The van der Waals surface area contributed by atoms with E-state index in [4.69, 9.17) is 4.74 Å². The average Bonchev–Trinajstić information content (AvgIpc) is 3.28. The Bertz CT molecular complexity index is 1130. The number of thioether (sulfide) groups is 1. The van der Waals surface area contributed by atoms with E-state index < -0.39 is 10.8 Å². The lowest BCUT2D eigenvalue weighted by molar-refractivity contribution is -0.121. The molecular weight excluding hydrogens is 434 g/mol. The molecule has 1 unspecified atom stereocenters. The summed E-state index contributed by atoms with van der Waals surface area (Å²) in [6.07, 6.45) is 4.43. The van der Waals surface area contributed by atoms with Gasteiger partial charge in [-0.25, -0.2) is 0 Å². The second-order valence-electron chi connectivity index (χ2n) is 8.21. The second-order valence-corrected chi connectivity index (χ2v) is 9.52. The van der Waals surface area contributed by atoms with E-state index in [1.165, 1.54) is 11.8 Å². The molecule has 1 aromatic heterocycles. The molecule has 3 aromatic rings. The fraction of sp³-hybridized carbons (Fsp3) is 0.360. The van der Waals surface area contributed by atoms with Gasteiger partial charge in [0.15, 0.2) is 11.0 Å². The quantitative estimate of drug-likeness (QED) is 0.510. The van der Waals surface area contributed by atoms with Crippen LogP contribution in [0.5, 0.6) is 5.75 Å². The molecule has 1 saturated carbocycles. The minimum Gasteiger partial charge on any atom is -0.497 e. The van der Waals surface area contributed by atoms with Crippen LogP contribution < -0.4 is 10.1 Å². The van der Waals surface area contributed by atoms with E-state index in [0.717, 1.165) is 36.3 Å². The van der Waals surface area contributed by atoms with Gasteiger partial charge in [-0.1, -0.05) is 61.4 Å². The van der Waals surface area contributed by atoms with Crippen LogP contribution in [0.2, 0.25) is 0 Å². The molecule has 0 saturated heterocycles. The highest BCUT2D eigenvalue weighted by Gasteiger charge is 2.35. The van der Waals surface area contributed by atoms with Gasteiger partial charge in [0, 0.05) is 11.3 Å². The monoisotopic (exact) mass is 461 g/mol. The largest absolute Gasteiger partial charge is 0.497 e. The number of carbonyl (C=O) groups excluding carboxylic acids is 1. The number of carbonyl (C=O) groups is 1. The van der Waals surface area contributed by atoms with Crippen LogP contribution in [0.1, 0.15) is 39.0 Å². The third-order valence-electron chi connectivity index (χ3n) is 5.93. The van der Waals surface area contributed by atoms with E-state index in [2.05, 4.69) is 21.6 Å². The average molecular weight is 462 g/mol. The predicted octanol–water partition coefficient (Wildman–Crippen LogP) is 4.77. The molecule has 2 aromatic carbocycles. The summed E-state index contributed by atoms with van der Waals surface area (Å²) in [5.41, 5.74) is 1.04. The number of nitrogens with one attached hydrogen (secondary N) is 1. The maximum Gasteiger partial charge on any atom is 0.234 e. The molecule has 1 fully saturated rings. The molecule has 0 aliphatic heterocycles. The minimum atomic E-state index is -0.761. The standard InChI is InChI=1S/C25H27N5O2S/c1-18(23(31)27-25(17-26)15-7-4-8-16-25)33-24-29-28-22(19-9-5-3-6-10-19)30(24)20-11-13-21(32-2)14-12-20/h3,5-6,9-14,18H,4,7-8,15-16H2,1-2H3,(H,27,31). The summed E-state index contributed by atoms with van der Waals surface area (Å²) in [5, 5.41) is 21.8. The molecule has 1 amide bonds. The van der Waals surface area contributed by atoms with Gasteiger partial charge in [-0.2, -0.15) is 5.26 Å². The Hall–Kier alpha value is -3.31. The van der Waals surface area contributed by atoms with Crippen molar-refractivity contribution in [2.24, 2.45) is 0 Å². The molecule has 33 heavy (non-hydrogen) atoms. The Morgan fingerprint density at radius 2 is 1.82 bits per heavy atom. The van der Waals surface area contributed by atoms with Gasteiger partial charge in [0.1, 0.15) is 11.3 Å². The first-order valence-electron chi connectivity index (χ1n) is 11.1. The Labute approximate surface area is 198 Å². The number of hydrogen-bond acceptors (Lipinski definition) is 6. The molecule has 1 heterocycles. The number of amides is 1. The zero-order chi connectivity index (χ0) is 23.3. The lowest BCUT2D eigenvalue weighted by Gasteiger charge is -2.32. The first-order chi connectivity index (χ1) is 16.0. The Morgan fingerprint density at radius 1 is 1.12 bits per heavy atom. The molecular formula is C25H27N5O2S. The molecule has 0 bridgehead atoms. The molecule has 1 aliphatic rings. The number of hydrogen-bond donors (Lipinski definition) is 1. The van der Waals surface area contributed by atoms with Gasteiger partial charge in [-0.05, 0) is 44.0 Å². The van der Waals surface area contributed by atoms with Gasteiger partial charge in [0.05, 0.1) is 18.4 Å². The Balaban J connectivity index is 1.62. The number of nitrogens with zero attached hydrogens (tertiary/aromatic N) is 4. The SMILES string of the molecule is COc1ccc(-n2c(SC(C)C(=O)NC3(C#N)CCCCC3)nnc2-c2ccccc2)cc1. The van der Waals surface area contributed by atoms with Crippen LogP contribution in [-0.4, -0.2) is 38.6 Å². The molecule has 1 atom stereocenters. The van der Waals surface area contributed by atoms with E-state index >= 15 is 0 Å². The number of rotatable bonds is 7. The summed E-state index contributed by atoms with van der Waals surface area (Å²) >= 11 is 1.33. The number of aromatic nitrogens is 3. The Morgan fingerprint density at radius 3 is 2.45 bits per heavy atom. The summed E-state index contributed by atoms with van der Waals surface area (Å²) < 4.78 is 7.24. The molecule has 1 N–H and O–H groups in total. The van der Waals surface area contributed by atoms with E-state index in [0.29, 0.717) is 23.8 Å². The van der Waals surface area contributed by atoms with Gasteiger partial charge in [0.25, 0.3) is 0 Å². The van der Waals surface area contributed by atoms with Gasteiger partial charge in [-0.15, -0.1) is 10.2 Å². The molecule has 7 nitrogen and oxygen atoms in total.